The molecule has 2 heterocycles. The van der Waals surface area contributed by atoms with E-state index in [-0.39, 0.29) is 30.3 Å². The molecule has 2 aromatic rings. The Morgan fingerprint density at radius 2 is 1.59 bits per heavy atom. The van der Waals surface area contributed by atoms with Gasteiger partial charge in [-0.05, 0) is 38.0 Å². The number of carbonyl (C=O) groups excluding carboxylic acids is 3. The molecule has 2 aromatic carbocycles. The molecule has 1 saturated heterocycles. The summed E-state index contributed by atoms with van der Waals surface area (Å²) >= 11 is 0. The molecule has 32 heavy (non-hydrogen) atoms. The van der Waals surface area contributed by atoms with Crippen LogP contribution in [0.15, 0.2) is 54.6 Å². The molecule has 0 aliphatic carbocycles. The van der Waals surface area contributed by atoms with Crippen molar-refractivity contribution in [3.8, 4) is 0 Å². The lowest BCUT2D eigenvalue weighted by Crippen LogP contribution is -2.49. The second kappa shape index (κ2) is 8.84. The second-order valence-corrected chi connectivity index (χ2v) is 8.65. The zero-order valence-electron chi connectivity index (χ0n) is 18.6. The predicted octanol–water partition coefficient (Wildman–Crippen LogP) is 3.24. The van der Waals surface area contributed by atoms with Crippen LogP contribution in [-0.2, 0) is 20.9 Å². The summed E-state index contributed by atoms with van der Waals surface area (Å²) in [5, 5.41) is 0. The molecule has 168 valence electrons. The van der Waals surface area contributed by atoms with E-state index in [4.69, 9.17) is 9.47 Å². The zero-order chi connectivity index (χ0) is 22.9. The van der Waals surface area contributed by atoms with Crippen molar-refractivity contribution in [3.63, 3.8) is 0 Å². The summed E-state index contributed by atoms with van der Waals surface area (Å²) < 4.78 is 12.1. The van der Waals surface area contributed by atoms with Crippen LogP contribution in [0.5, 0.6) is 0 Å². The van der Waals surface area contributed by atoms with Crippen LogP contribution in [-0.4, -0.2) is 58.5 Å². The molecule has 2 aliphatic rings. The van der Waals surface area contributed by atoms with Gasteiger partial charge in [0.25, 0.3) is 11.8 Å². The van der Waals surface area contributed by atoms with E-state index in [1.807, 2.05) is 44.2 Å². The highest BCUT2D eigenvalue weighted by Gasteiger charge is 2.50. The van der Waals surface area contributed by atoms with Crippen LogP contribution in [0.2, 0.25) is 0 Å². The average Bonchev–Trinajstić information content (AvgIpc) is 3.16. The minimum absolute atomic E-state index is 0.0862. The van der Waals surface area contributed by atoms with Gasteiger partial charge in [0, 0.05) is 13.5 Å². The molecule has 0 unspecified atom stereocenters. The fourth-order valence-corrected chi connectivity index (χ4v) is 4.71. The lowest BCUT2D eigenvalue weighted by atomic mass is 10.1. The van der Waals surface area contributed by atoms with Crippen molar-refractivity contribution >= 4 is 17.7 Å². The first-order valence-corrected chi connectivity index (χ1v) is 10.8. The monoisotopic (exact) mass is 436 g/mol. The van der Waals surface area contributed by atoms with Gasteiger partial charge in [0.1, 0.15) is 5.72 Å². The largest absolute Gasteiger partial charge is 0.377 e. The summed E-state index contributed by atoms with van der Waals surface area (Å²) in [6.07, 6.45) is 0.0281. The molecule has 4 rings (SSSR count). The fraction of sp³-hybridized carbons (Fsp3) is 0.400. The maximum absolute atomic E-state index is 12.8. The summed E-state index contributed by atoms with van der Waals surface area (Å²) in [6, 6.07) is 16.4. The van der Waals surface area contributed by atoms with E-state index in [0.29, 0.717) is 30.8 Å². The molecule has 7 heteroatoms. The van der Waals surface area contributed by atoms with Crippen LogP contribution < -0.4 is 0 Å². The molecule has 0 spiro atoms. The Hall–Kier alpha value is -3.03. The summed E-state index contributed by atoms with van der Waals surface area (Å²) in [4.78, 5) is 41.1. The molecule has 2 aliphatic heterocycles. The third-order valence-electron chi connectivity index (χ3n) is 6.03. The number of benzene rings is 2. The van der Waals surface area contributed by atoms with Crippen LogP contribution in [0.3, 0.4) is 0 Å². The Labute approximate surface area is 187 Å². The van der Waals surface area contributed by atoms with Gasteiger partial charge in [-0.15, -0.1) is 0 Å². The second-order valence-electron chi connectivity index (χ2n) is 8.65. The molecule has 2 atom stereocenters. The van der Waals surface area contributed by atoms with E-state index in [1.165, 1.54) is 11.8 Å². The van der Waals surface area contributed by atoms with Crippen molar-refractivity contribution in [2.24, 2.45) is 0 Å². The van der Waals surface area contributed by atoms with Crippen LogP contribution in [0.1, 0.15) is 53.5 Å². The first-order chi connectivity index (χ1) is 15.3. The summed E-state index contributed by atoms with van der Waals surface area (Å²) in [7, 11) is 0. The van der Waals surface area contributed by atoms with Crippen molar-refractivity contribution in [3.05, 3.63) is 71.3 Å². The Balaban J connectivity index is 1.47. The minimum Gasteiger partial charge on any atom is -0.377 e. The van der Waals surface area contributed by atoms with E-state index < -0.39 is 11.8 Å². The average molecular weight is 437 g/mol. The smallest absolute Gasteiger partial charge is 0.261 e. The highest BCUT2D eigenvalue weighted by molar-refractivity contribution is 6.21. The molecule has 0 N–H and O–H groups in total. The van der Waals surface area contributed by atoms with Crippen LogP contribution in [0.4, 0.5) is 0 Å². The van der Waals surface area contributed by atoms with Crippen molar-refractivity contribution in [2.75, 3.05) is 13.2 Å². The first-order valence-electron chi connectivity index (χ1n) is 10.8. The van der Waals surface area contributed by atoms with Gasteiger partial charge in [-0.2, -0.15) is 0 Å². The highest BCUT2D eigenvalue weighted by Crippen LogP contribution is 2.35. The number of hydrogen-bond acceptors (Lipinski definition) is 5. The predicted molar refractivity (Wildman–Crippen MR) is 118 cm³/mol. The van der Waals surface area contributed by atoms with Gasteiger partial charge < -0.3 is 14.4 Å². The van der Waals surface area contributed by atoms with E-state index in [0.717, 1.165) is 5.56 Å². The van der Waals surface area contributed by atoms with Crippen molar-refractivity contribution < 1.29 is 23.9 Å². The lowest BCUT2D eigenvalue weighted by molar-refractivity contribution is -0.145. The SMILES string of the molecule is CC(=O)N1[C@H](CCOCc2ccccc2)[C@@H](CN2C(=O)c3ccccc3C2=O)OC1(C)C. The van der Waals surface area contributed by atoms with Gasteiger partial charge in [0.2, 0.25) is 5.91 Å². The highest BCUT2D eigenvalue weighted by atomic mass is 16.5. The van der Waals surface area contributed by atoms with E-state index in [2.05, 4.69) is 0 Å². The molecule has 3 amide bonds. The Kier molecular flexibility index (Phi) is 6.13. The summed E-state index contributed by atoms with van der Waals surface area (Å²) in [5.74, 6) is -0.771. The number of fused-ring (bicyclic) bond motifs is 1. The first kappa shape index (κ1) is 22.2. The maximum atomic E-state index is 12.8. The number of amides is 3. The molecule has 0 aromatic heterocycles. The number of rotatable bonds is 7. The summed E-state index contributed by atoms with van der Waals surface area (Å²) in [5.41, 5.74) is 1.03. The topological polar surface area (TPSA) is 76.2 Å². The van der Waals surface area contributed by atoms with Gasteiger partial charge in [-0.25, -0.2) is 0 Å². The third kappa shape index (κ3) is 4.18. The molecule has 0 radical (unpaired) electrons. The third-order valence-corrected chi connectivity index (χ3v) is 6.03. The fourth-order valence-electron chi connectivity index (χ4n) is 4.71. The van der Waals surface area contributed by atoms with Crippen molar-refractivity contribution in [1.29, 1.82) is 0 Å². The molecular formula is C25H28N2O5. The Morgan fingerprint density at radius 1 is 1.00 bits per heavy atom. The minimum atomic E-state index is -0.848. The molecule has 7 nitrogen and oxygen atoms in total. The number of hydrogen-bond donors (Lipinski definition) is 0. The number of ether oxygens (including phenoxy) is 2. The van der Waals surface area contributed by atoms with Crippen LogP contribution >= 0.6 is 0 Å². The molecule has 1 fully saturated rings. The van der Waals surface area contributed by atoms with Gasteiger partial charge in [-0.3, -0.25) is 19.3 Å². The van der Waals surface area contributed by atoms with Gasteiger partial charge >= 0.3 is 0 Å². The quantitative estimate of drug-likeness (QED) is 0.492. The summed E-state index contributed by atoms with van der Waals surface area (Å²) in [6.45, 7) is 6.14. The normalized spacial score (nSPS) is 21.8. The zero-order valence-corrected chi connectivity index (χ0v) is 18.6. The molecular weight excluding hydrogens is 408 g/mol. The maximum Gasteiger partial charge on any atom is 0.261 e. The van der Waals surface area contributed by atoms with Gasteiger partial charge in [0.05, 0.1) is 36.4 Å². The lowest BCUT2D eigenvalue weighted by Gasteiger charge is -2.33. The van der Waals surface area contributed by atoms with Crippen LogP contribution in [0, 0.1) is 0 Å². The van der Waals surface area contributed by atoms with Gasteiger partial charge in [0.15, 0.2) is 0 Å². The van der Waals surface area contributed by atoms with E-state index in [9.17, 15) is 14.4 Å². The number of carbonyl (C=O) groups is 3. The van der Waals surface area contributed by atoms with Crippen LogP contribution in [0.25, 0.3) is 0 Å². The van der Waals surface area contributed by atoms with Gasteiger partial charge in [-0.1, -0.05) is 42.5 Å². The number of imide groups is 1. The van der Waals surface area contributed by atoms with E-state index in [1.54, 1.807) is 29.2 Å². The number of nitrogens with zero attached hydrogens (tertiary/aromatic N) is 2. The van der Waals surface area contributed by atoms with Crippen molar-refractivity contribution in [1.82, 2.24) is 9.80 Å². The standard InChI is InChI=1S/C25H28N2O5/c1-17(28)27-21(13-14-31-16-18-9-5-4-6-10-18)22(32-25(27,2)3)15-26-23(29)19-11-7-8-12-20(19)24(26)30/h4-12,21-22H,13-16H2,1-3H3/t21-,22-/m1/s1. The molecule has 0 saturated carbocycles. The molecule has 0 bridgehead atoms. The van der Waals surface area contributed by atoms with Crippen molar-refractivity contribution in [2.45, 2.75) is 51.7 Å². The Bertz CT molecular complexity index is 985. The van der Waals surface area contributed by atoms with E-state index >= 15 is 0 Å². The Morgan fingerprint density at radius 3 is 2.19 bits per heavy atom.